The molecule has 0 radical (unpaired) electrons. The van der Waals surface area contributed by atoms with Gasteiger partial charge in [0.2, 0.25) is 11.8 Å². The maximum absolute atomic E-state index is 13.1. The van der Waals surface area contributed by atoms with Gasteiger partial charge in [0.05, 0.1) is 6.42 Å². The number of carbonyl (C=O) groups excluding carboxylic acids is 2. The third-order valence-corrected chi connectivity index (χ3v) is 4.78. The first-order valence-corrected chi connectivity index (χ1v) is 9.76. The summed E-state index contributed by atoms with van der Waals surface area (Å²) in [5.74, 6) is -0.699. The van der Waals surface area contributed by atoms with Crippen LogP contribution in [0.1, 0.15) is 31.4 Å². The highest BCUT2D eigenvalue weighted by Crippen LogP contribution is 2.16. The molecule has 4 nitrogen and oxygen atoms in total. The minimum atomic E-state index is -0.604. The van der Waals surface area contributed by atoms with Crippen LogP contribution in [-0.2, 0) is 22.6 Å². The van der Waals surface area contributed by atoms with Gasteiger partial charge in [0.25, 0.3) is 0 Å². The molecule has 0 spiro atoms. The second-order valence-electron chi connectivity index (χ2n) is 6.42. The van der Waals surface area contributed by atoms with E-state index in [9.17, 15) is 14.0 Å². The number of nitrogens with zero attached hydrogens (tertiary/aromatic N) is 1. The third kappa shape index (κ3) is 6.47. The molecule has 2 rings (SSSR count). The van der Waals surface area contributed by atoms with Gasteiger partial charge in [-0.15, -0.1) is 0 Å². The summed E-state index contributed by atoms with van der Waals surface area (Å²) < 4.78 is 14.1. The van der Waals surface area contributed by atoms with Crippen molar-refractivity contribution in [2.45, 2.75) is 39.3 Å². The third-order valence-electron chi connectivity index (χ3n) is 4.25. The predicted octanol–water partition coefficient (Wildman–Crippen LogP) is 4.07. The maximum atomic E-state index is 13.1. The summed E-state index contributed by atoms with van der Waals surface area (Å²) >= 11 is 3.40. The van der Waals surface area contributed by atoms with Crippen LogP contribution in [0.3, 0.4) is 0 Å². The average molecular weight is 435 g/mol. The van der Waals surface area contributed by atoms with E-state index in [1.807, 2.05) is 31.2 Å². The monoisotopic (exact) mass is 434 g/mol. The largest absolute Gasteiger partial charge is 0.354 e. The van der Waals surface area contributed by atoms with Gasteiger partial charge in [-0.2, -0.15) is 0 Å². The molecule has 27 heavy (non-hydrogen) atoms. The van der Waals surface area contributed by atoms with Gasteiger partial charge in [-0.25, -0.2) is 4.39 Å². The molecule has 0 aromatic heterocycles. The smallest absolute Gasteiger partial charge is 0.242 e. The number of hydrogen-bond acceptors (Lipinski definition) is 2. The zero-order chi connectivity index (χ0) is 19.8. The van der Waals surface area contributed by atoms with Crippen molar-refractivity contribution in [2.75, 3.05) is 6.54 Å². The van der Waals surface area contributed by atoms with Gasteiger partial charge in [0.1, 0.15) is 11.9 Å². The Labute approximate surface area is 167 Å². The van der Waals surface area contributed by atoms with Crippen molar-refractivity contribution in [1.82, 2.24) is 10.2 Å². The molecular weight excluding hydrogens is 411 g/mol. The summed E-state index contributed by atoms with van der Waals surface area (Å²) in [6, 6.07) is 12.9. The molecule has 1 atom stereocenters. The van der Waals surface area contributed by atoms with E-state index < -0.39 is 6.04 Å². The first-order chi connectivity index (χ1) is 12.9. The molecule has 2 aromatic carbocycles. The lowest BCUT2D eigenvalue weighted by Gasteiger charge is -2.29. The molecular formula is C21H24BrFN2O2. The number of nitrogens with one attached hydrogen (secondary N) is 1. The Kier molecular flexibility index (Phi) is 7.98. The summed E-state index contributed by atoms with van der Waals surface area (Å²) in [6.07, 6.45) is 0.941. The van der Waals surface area contributed by atoms with E-state index >= 15 is 0 Å². The molecule has 2 amide bonds. The van der Waals surface area contributed by atoms with Crippen LogP contribution < -0.4 is 5.32 Å². The van der Waals surface area contributed by atoms with Crippen molar-refractivity contribution >= 4 is 27.7 Å². The van der Waals surface area contributed by atoms with E-state index in [0.29, 0.717) is 18.7 Å². The lowest BCUT2D eigenvalue weighted by Crippen LogP contribution is -2.48. The Morgan fingerprint density at radius 2 is 1.67 bits per heavy atom. The molecule has 0 fully saturated rings. The number of amides is 2. The predicted molar refractivity (Wildman–Crippen MR) is 108 cm³/mol. The summed E-state index contributed by atoms with van der Waals surface area (Å²) in [4.78, 5) is 26.9. The van der Waals surface area contributed by atoms with E-state index in [1.165, 1.54) is 12.1 Å². The van der Waals surface area contributed by atoms with Crippen LogP contribution in [0, 0.1) is 5.82 Å². The van der Waals surface area contributed by atoms with Gasteiger partial charge >= 0.3 is 0 Å². The van der Waals surface area contributed by atoms with E-state index in [2.05, 4.69) is 21.2 Å². The standard InChI is InChI=1S/C21H24BrFN2O2/c1-3-12-24-21(27)15(2)25(14-17-4-8-18(22)9-5-17)20(26)13-16-6-10-19(23)11-7-16/h4-11,15H,3,12-14H2,1-2H3,(H,24,27). The van der Waals surface area contributed by atoms with Gasteiger partial charge in [0.15, 0.2) is 0 Å². The molecule has 0 heterocycles. The molecule has 1 N–H and O–H groups in total. The first kappa shape index (κ1) is 21.1. The summed E-state index contributed by atoms with van der Waals surface area (Å²) in [7, 11) is 0. The Morgan fingerprint density at radius 1 is 1.07 bits per heavy atom. The Morgan fingerprint density at radius 3 is 2.26 bits per heavy atom. The van der Waals surface area contributed by atoms with Crippen molar-refractivity contribution < 1.29 is 14.0 Å². The molecule has 0 saturated carbocycles. The maximum Gasteiger partial charge on any atom is 0.242 e. The Bertz CT molecular complexity index is 763. The van der Waals surface area contributed by atoms with E-state index in [0.717, 1.165) is 16.5 Å². The number of carbonyl (C=O) groups is 2. The average Bonchev–Trinajstić information content (AvgIpc) is 2.66. The van der Waals surface area contributed by atoms with Crippen LogP contribution in [0.15, 0.2) is 53.0 Å². The molecule has 144 valence electrons. The quantitative estimate of drug-likeness (QED) is 0.680. The van der Waals surface area contributed by atoms with Crippen molar-refractivity contribution in [1.29, 1.82) is 0 Å². The second-order valence-corrected chi connectivity index (χ2v) is 7.33. The second kappa shape index (κ2) is 10.2. The molecule has 2 aromatic rings. The van der Waals surface area contributed by atoms with E-state index in [1.54, 1.807) is 24.0 Å². The highest BCUT2D eigenvalue weighted by Gasteiger charge is 2.26. The van der Waals surface area contributed by atoms with Crippen LogP contribution in [-0.4, -0.2) is 29.3 Å². The molecule has 0 bridgehead atoms. The summed E-state index contributed by atoms with van der Waals surface area (Å²) in [6.45, 7) is 4.60. The van der Waals surface area contributed by atoms with Gasteiger partial charge < -0.3 is 10.2 Å². The lowest BCUT2D eigenvalue weighted by molar-refractivity contribution is -0.140. The highest BCUT2D eigenvalue weighted by atomic mass is 79.9. The van der Waals surface area contributed by atoms with Crippen molar-refractivity contribution in [2.24, 2.45) is 0 Å². The van der Waals surface area contributed by atoms with Crippen LogP contribution in [0.4, 0.5) is 4.39 Å². The fourth-order valence-corrected chi connectivity index (χ4v) is 2.91. The summed E-state index contributed by atoms with van der Waals surface area (Å²) in [5.41, 5.74) is 1.64. The number of benzene rings is 2. The van der Waals surface area contributed by atoms with E-state index in [-0.39, 0.29) is 24.1 Å². The number of halogens is 2. The fourth-order valence-electron chi connectivity index (χ4n) is 2.64. The van der Waals surface area contributed by atoms with Crippen LogP contribution >= 0.6 is 15.9 Å². The van der Waals surface area contributed by atoms with Crippen LogP contribution in [0.25, 0.3) is 0 Å². The Balaban J connectivity index is 2.18. The molecule has 0 aliphatic carbocycles. The van der Waals surface area contributed by atoms with Crippen molar-refractivity contribution in [3.05, 3.63) is 69.9 Å². The minimum Gasteiger partial charge on any atom is -0.354 e. The van der Waals surface area contributed by atoms with Crippen molar-refractivity contribution in [3.63, 3.8) is 0 Å². The van der Waals surface area contributed by atoms with Gasteiger partial charge in [0, 0.05) is 17.6 Å². The summed E-state index contributed by atoms with van der Waals surface area (Å²) in [5, 5.41) is 2.84. The van der Waals surface area contributed by atoms with Crippen LogP contribution in [0.5, 0.6) is 0 Å². The zero-order valence-corrected chi connectivity index (χ0v) is 17.1. The van der Waals surface area contributed by atoms with Crippen LogP contribution in [0.2, 0.25) is 0 Å². The Hall–Kier alpha value is -2.21. The van der Waals surface area contributed by atoms with Crippen molar-refractivity contribution in [3.8, 4) is 0 Å². The molecule has 0 saturated heterocycles. The lowest BCUT2D eigenvalue weighted by atomic mass is 10.1. The number of hydrogen-bond donors (Lipinski definition) is 1. The van der Waals surface area contributed by atoms with Gasteiger partial charge in [-0.05, 0) is 48.7 Å². The highest BCUT2D eigenvalue weighted by molar-refractivity contribution is 9.10. The topological polar surface area (TPSA) is 49.4 Å². The normalized spacial score (nSPS) is 11.7. The zero-order valence-electron chi connectivity index (χ0n) is 15.5. The van der Waals surface area contributed by atoms with Gasteiger partial charge in [-0.3, -0.25) is 9.59 Å². The van der Waals surface area contributed by atoms with Gasteiger partial charge in [-0.1, -0.05) is 47.1 Å². The molecule has 0 aliphatic heterocycles. The molecule has 6 heteroatoms. The fraction of sp³-hybridized carbons (Fsp3) is 0.333. The first-order valence-electron chi connectivity index (χ1n) is 8.96. The SMILES string of the molecule is CCCNC(=O)C(C)N(Cc1ccc(Br)cc1)C(=O)Cc1ccc(F)cc1. The molecule has 1 unspecified atom stereocenters. The number of rotatable bonds is 8. The molecule has 0 aliphatic rings. The van der Waals surface area contributed by atoms with E-state index in [4.69, 9.17) is 0 Å². The minimum absolute atomic E-state index is 0.113.